The van der Waals surface area contributed by atoms with Gasteiger partial charge in [0.2, 0.25) is 0 Å². The molecule has 2 heterocycles. The predicted molar refractivity (Wildman–Crippen MR) is 65.5 cm³/mol. The highest BCUT2D eigenvalue weighted by Gasteiger charge is 2.32. The summed E-state index contributed by atoms with van der Waals surface area (Å²) in [6, 6.07) is 0. The third-order valence-electron chi connectivity index (χ3n) is 2.52. The highest BCUT2D eigenvalue weighted by molar-refractivity contribution is 8.22. The summed E-state index contributed by atoms with van der Waals surface area (Å²) < 4.78 is 26.9. The lowest BCUT2D eigenvalue weighted by molar-refractivity contribution is 0.217. The molecule has 0 aromatic rings. The monoisotopic (exact) mass is 267 g/mol. The number of rotatable bonds is 4. The lowest BCUT2D eigenvalue weighted by atomic mass is 10.3. The lowest BCUT2D eigenvalue weighted by Gasteiger charge is -2.13. The van der Waals surface area contributed by atoms with E-state index in [1.165, 1.54) is 0 Å². The van der Waals surface area contributed by atoms with Gasteiger partial charge in [-0.15, -0.1) is 11.8 Å². The predicted octanol–water partition coefficient (Wildman–Crippen LogP) is 1.09. The molecule has 0 aromatic carbocycles. The molecule has 0 amide bonds. The van der Waals surface area contributed by atoms with Crippen molar-refractivity contribution in [3.63, 3.8) is 0 Å². The van der Waals surface area contributed by atoms with E-state index in [0.717, 1.165) is 16.5 Å². The van der Waals surface area contributed by atoms with Crippen LogP contribution in [0.3, 0.4) is 0 Å². The Hall–Kier alpha value is 0.0200. The summed E-state index contributed by atoms with van der Waals surface area (Å²) in [5, 5.41) is 2.99. The Kier molecular flexibility index (Phi) is 4.34. The van der Waals surface area contributed by atoms with E-state index >= 15 is 0 Å². The van der Waals surface area contributed by atoms with E-state index in [2.05, 4.69) is 5.32 Å². The molecule has 0 aromatic heterocycles. The molecule has 2 rings (SSSR count). The van der Waals surface area contributed by atoms with Gasteiger partial charge in [-0.2, -0.15) is 0 Å². The summed E-state index contributed by atoms with van der Waals surface area (Å²) in [6.07, 6.45) is -0.722. The van der Waals surface area contributed by atoms with Crippen LogP contribution < -0.4 is 11.1 Å². The van der Waals surface area contributed by atoms with E-state index in [4.69, 9.17) is 5.73 Å². The van der Waals surface area contributed by atoms with E-state index in [1.54, 1.807) is 23.5 Å². The van der Waals surface area contributed by atoms with Crippen LogP contribution in [0.4, 0.5) is 8.78 Å². The Morgan fingerprint density at radius 2 is 2.19 bits per heavy atom. The summed E-state index contributed by atoms with van der Waals surface area (Å²) in [7, 11) is 0. The van der Waals surface area contributed by atoms with E-state index in [1.807, 2.05) is 11.1 Å². The number of thioether (sulfide) groups is 2. The van der Waals surface area contributed by atoms with Crippen LogP contribution in [0.2, 0.25) is 0 Å². The quantitative estimate of drug-likeness (QED) is 0.798. The molecular weight excluding hydrogens is 252 g/mol. The summed E-state index contributed by atoms with van der Waals surface area (Å²) in [5.41, 5.74) is 5.58. The van der Waals surface area contributed by atoms with E-state index in [0.29, 0.717) is 0 Å². The van der Waals surface area contributed by atoms with Crippen LogP contribution in [0.1, 0.15) is 0 Å². The SMILES string of the molecule is NC1NC=C(SCCN2CC(F)C(F)C2)S1. The van der Waals surface area contributed by atoms with Gasteiger partial charge in [0.15, 0.2) is 0 Å². The minimum Gasteiger partial charge on any atom is -0.366 e. The fourth-order valence-electron chi connectivity index (χ4n) is 1.67. The third kappa shape index (κ3) is 3.26. The van der Waals surface area contributed by atoms with Gasteiger partial charge in [-0.3, -0.25) is 4.90 Å². The molecule has 0 spiro atoms. The van der Waals surface area contributed by atoms with Crippen molar-refractivity contribution in [3.8, 4) is 0 Å². The fourth-order valence-corrected chi connectivity index (χ4v) is 3.73. The van der Waals surface area contributed by atoms with Crippen molar-refractivity contribution < 1.29 is 8.78 Å². The smallest absolute Gasteiger partial charge is 0.145 e. The van der Waals surface area contributed by atoms with Crippen LogP contribution in [0.5, 0.6) is 0 Å². The van der Waals surface area contributed by atoms with Crippen LogP contribution in [-0.4, -0.2) is 48.1 Å². The van der Waals surface area contributed by atoms with Crippen LogP contribution >= 0.6 is 23.5 Å². The van der Waals surface area contributed by atoms with Crippen molar-refractivity contribution in [1.82, 2.24) is 10.2 Å². The topological polar surface area (TPSA) is 41.3 Å². The number of nitrogens with one attached hydrogen (secondary N) is 1. The third-order valence-corrected chi connectivity index (χ3v) is 4.69. The Bertz CT molecular complexity index is 267. The van der Waals surface area contributed by atoms with E-state index < -0.39 is 12.3 Å². The summed E-state index contributed by atoms with van der Waals surface area (Å²) in [6.45, 7) is 1.18. The van der Waals surface area contributed by atoms with Gasteiger partial charge in [0, 0.05) is 31.6 Å². The van der Waals surface area contributed by atoms with Crippen molar-refractivity contribution in [1.29, 1.82) is 0 Å². The normalized spacial score (nSPS) is 35.2. The van der Waals surface area contributed by atoms with E-state index in [9.17, 15) is 8.78 Å². The molecule has 3 atom stereocenters. The molecule has 0 radical (unpaired) electrons. The van der Waals surface area contributed by atoms with Crippen molar-refractivity contribution in [2.24, 2.45) is 5.73 Å². The molecule has 1 fully saturated rings. The zero-order valence-electron chi connectivity index (χ0n) is 8.73. The number of hydrogen-bond donors (Lipinski definition) is 2. The Labute approximate surface area is 102 Å². The second-order valence-corrected chi connectivity index (χ2v) is 6.39. The van der Waals surface area contributed by atoms with Gasteiger partial charge in [-0.1, -0.05) is 11.8 Å². The minimum atomic E-state index is -1.31. The Morgan fingerprint density at radius 3 is 2.75 bits per heavy atom. The Balaban J connectivity index is 1.62. The number of nitrogens with two attached hydrogens (primary N) is 1. The molecule has 3 unspecified atom stereocenters. The standard InChI is InChI=1S/C9H15F2N3S2/c10-6-4-14(5-7(6)11)1-2-15-8-3-13-9(12)16-8/h3,6-7,9,13H,1-2,4-5,12H2. The van der Waals surface area contributed by atoms with Gasteiger partial charge < -0.3 is 11.1 Å². The average Bonchev–Trinajstić information content (AvgIpc) is 2.75. The van der Waals surface area contributed by atoms with Crippen molar-refractivity contribution in [3.05, 3.63) is 10.4 Å². The number of halogens is 2. The van der Waals surface area contributed by atoms with Gasteiger partial charge in [-0.25, -0.2) is 8.78 Å². The number of likely N-dealkylation sites (tertiary alicyclic amines) is 1. The molecule has 0 aliphatic carbocycles. The first-order chi connectivity index (χ1) is 7.65. The second-order valence-electron chi connectivity index (χ2n) is 3.81. The van der Waals surface area contributed by atoms with Crippen molar-refractivity contribution >= 4 is 23.5 Å². The number of alkyl halides is 2. The minimum absolute atomic E-state index is 0.0558. The van der Waals surface area contributed by atoms with Gasteiger partial charge >= 0.3 is 0 Å². The highest BCUT2D eigenvalue weighted by atomic mass is 32.2. The highest BCUT2D eigenvalue weighted by Crippen LogP contribution is 2.32. The van der Waals surface area contributed by atoms with Gasteiger partial charge in [0.1, 0.15) is 17.8 Å². The number of nitrogens with zero attached hydrogens (tertiary/aromatic N) is 1. The van der Waals surface area contributed by atoms with E-state index in [-0.39, 0.29) is 18.6 Å². The Morgan fingerprint density at radius 1 is 1.50 bits per heavy atom. The maximum Gasteiger partial charge on any atom is 0.145 e. The zero-order chi connectivity index (χ0) is 11.5. The zero-order valence-corrected chi connectivity index (χ0v) is 10.4. The van der Waals surface area contributed by atoms with Crippen LogP contribution in [0.15, 0.2) is 10.4 Å². The molecule has 0 saturated carbocycles. The molecule has 3 N–H and O–H groups in total. The number of hydrogen-bond acceptors (Lipinski definition) is 5. The van der Waals surface area contributed by atoms with Crippen LogP contribution in [0, 0.1) is 0 Å². The molecule has 7 heteroatoms. The molecule has 1 saturated heterocycles. The van der Waals surface area contributed by atoms with Crippen LogP contribution in [0.25, 0.3) is 0 Å². The largest absolute Gasteiger partial charge is 0.366 e. The van der Waals surface area contributed by atoms with Crippen molar-refractivity contribution in [2.75, 3.05) is 25.4 Å². The molecular formula is C9H15F2N3S2. The molecule has 92 valence electrons. The molecule has 0 bridgehead atoms. The molecule has 2 aliphatic heterocycles. The average molecular weight is 267 g/mol. The maximum absolute atomic E-state index is 12.9. The molecule has 16 heavy (non-hydrogen) atoms. The van der Waals surface area contributed by atoms with Crippen molar-refractivity contribution in [2.45, 2.75) is 17.8 Å². The first kappa shape index (κ1) is 12.5. The maximum atomic E-state index is 12.9. The van der Waals surface area contributed by atoms with Crippen LogP contribution in [-0.2, 0) is 0 Å². The summed E-state index contributed by atoms with van der Waals surface area (Å²) in [4.78, 5) is 1.83. The lowest BCUT2D eigenvalue weighted by Crippen LogP contribution is -2.25. The first-order valence-electron chi connectivity index (χ1n) is 5.17. The summed E-state index contributed by atoms with van der Waals surface area (Å²) in [5.74, 6) is 0.840. The van der Waals surface area contributed by atoms with Gasteiger partial charge in [0.05, 0.1) is 4.24 Å². The van der Waals surface area contributed by atoms with Gasteiger partial charge in [-0.05, 0) is 0 Å². The second kappa shape index (κ2) is 5.57. The molecule has 2 aliphatic rings. The van der Waals surface area contributed by atoms with Gasteiger partial charge in [0.25, 0.3) is 0 Å². The first-order valence-corrected chi connectivity index (χ1v) is 7.03. The molecule has 3 nitrogen and oxygen atoms in total. The summed E-state index contributed by atoms with van der Waals surface area (Å²) >= 11 is 3.25. The fraction of sp³-hybridized carbons (Fsp3) is 0.778.